The van der Waals surface area contributed by atoms with Crippen molar-refractivity contribution in [1.29, 1.82) is 0 Å². The van der Waals surface area contributed by atoms with Gasteiger partial charge in [-0.2, -0.15) is 13.2 Å². The fraction of sp³-hybridized carbons (Fsp3) is 0.111. The van der Waals surface area contributed by atoms with Crippen molar-refractivity contribution >= 4 is 63.0 Å². The number of carbonyl (C=O) groups is 2. The minimum Gasteiger partial charge on any atom is -0.325 e. The summed E-state index contributed by atoms with van der Waals surface area (Å²) >= 11 is 7.72. The summed E-state index contributed by atoms with van der Waals surface area (Å²) in [7, 11) is 0. The molecule has 1 heterocycles. The summed E-state index contributed by atoms with van der Waals surface area (Å²) in [6, 6.07) is 7.95. The Hall–Kier alpha value is -3.23. The third-order valence-corrected chi connectivity index (χ3v) is 6.17. The first-order valence-corrected chi connectivity index (χ1v) is 10.9. The number of carbonyl (C=O) groups excluding carboxylic acids is 2. The second-order valence-corrected chi connectivity index (χ2v) is 8.74. The van der Waals surface area contributed by atoms with Gasteiger partial charge in [0.15, 0.2) is 4.34 Å². The molecule has 0 spiro atoms. The Morgan fingerprint density at radius 3 is 2.58 bits per heavy atom. The van der Waals surface area contributed by atoms with Crippen LogP contribution in [0, 0.1) is 10.1 Å². The first-order valence-electron chi connectivity index (χ1n) is 8.72. The number of rotatable bonds is 7. The van der Waals surface area contributed by atoms with Crippen LogP contribution in [0.3, 0.4) is 0 Å². The number of hydrogen-bond acceptors (Lipinski definition) is 8. The first-order chi connectivity index (χ1) is 15.5. The molecule has 0 atom stereocenters. The number of non-ortho nitro benzene ring substituents is 1. The number of hydrogen-bond donors (Lipinski definition) is 2. The summed E-state index contributed by atoms with van der Waals surface area (Å²) in [4.78, 5) is 34.6. The number of nitrogens with zero attached hydrogens (tertiary/aromatic N) is 3. The molecule has 0 radical (unpaired) electrons. The van der Waals surface area contributed by atoms with E-state index in [9.17, 15) is 32.9 Å². The zero-order chi connectivity index (χ0) is 24.2. The van der Waals surface area contributed by atoms with E-state index in [4.69, 9.17) is 11.6 Å². The van der Waals surface area contributed by atoms with Gasteiger partial charge in [-0.1, -0.05) is 46.8 Å². The molecule has 3 aromatic rings. The number of nitro groups is 1. The lowest BCUT2D eigenvalue weighted by atomic mass is 10.1. The van der Waals surface area contributed by atoms with E-state index in [1.54, 1.807) is 0 Å². The fourth-order valence-electron chi connectivity index (χ4n) is 2.44. The molecule has 15 heteroatoms. The lowest BCUT2D eigenvalue weighted by molar-refractivity contribution is -0.384. The molecule has 0 aliphatic carbocycles. The Labute approximate surface area is 196 Å². The normalized spacial score (nSPS) is 11.2. The quantitative estimate of drug-likeness (QED) is 0.193. The zero-order valence-corrected chi connectivity index (χ0v) is 18.4. The lowest BCUT2D eigenvalue weighted by Crippen LogP contribution is -2.18. The topological polar surface area (TPSA) is 127 Å². The first kappa shape index (κ1) is 24.4. The number of benzene rings is 2. The molecular weight excluding hydrogens is 507 g/mol. The number of alkyl halides is 3. The van der Waals surface area contributed by atoms with Crippen LogP contribution in [0.5, 0.6) is 0 Å². The Kier molecular flexibility index (Phi) is 7.50. The van der Waals surface area contributed by atoms with Crippen molar-refractivity contribution < 1.29 is 27.7 Å². The van der Waals surface area contributed by atoms with Gasteiger partial charge in [-0.3, -0.25) is 25.0 Å². The van der Waals surface area contributed by atoms with Gasteiger partial charge in [0.1, 0.15) is 0 Å². The number of para-hydroxylation sites is 1. The van der Waals surface area contributed by atoms with Crippen LogP contribution >= 0.6 is 34.7 Å². The van der Waals surface area contributed by atoms with Crippen LogP contribution in [0.4, 0.5) is 29.7 Å². The van der Waals surface area contributed by atoms with Crippen molar-refractivity contribution in [2.24, 2.45) is 0 Å². The van der Waals surface area contributed by atoms with Gasteiger partial charge in [0.25, 0.3) is 11.6 Å². The highest BCUT2D eigenvalue weighted by atomic mass is 35.5. The molecule has 0 bridgehead atoms. The lowest BCUT2D eigenvalue weighted by Gasteiger charge is -2.13. The Morgan fingerprint density at radius 1 is 1.15 bits per heavy atom. The molecule has 2 N–H and O–H groups in total. The maximum atomic E-state index is 13.0. The molecule has 9 nitrogen and oxygen atoms in total. The molecule has 0 saturated heterocycles. The van der Waals surface area contributed by atoms with Gasteiger partial charge in [0.2, 0.25) is 11.0 Å². The standard InChI is InChI=1S/C18H11ClF3N5O4S2/c19-12-6-5-9(27(30)31)7-10(12)15(29)24-16-25-26-17(33-16)32-8-14(28)23-13-4-2-1-3-11(13)18(20,21)22/h1-7H,8H2,(H,23,28)(H,24,25,29). The molecule has 2 aromatic carbocycles. The van der Waals surface area contributed by atoms with Crippen LogP contribution in [0.2, 0.25) is 5.02 Å². The molecule has 0 aliphatic heterocycles. The van der Waals surface area contributed by atoms with Gasteiger partial charge >= 0.3 is 6.18 Å². The van der Waals surface area contributed by atoms with E-state index in [1.165, 1.54) is 18.2 Å². The van der Waals surface area contributed by atoms with Crippen molar-refractivity contribution in [3.05, 3.63) is 68.7 Å². The van der Waals surface area contributed by atoms with Crippen molar-refractivity contribution in [3.63, 3.8) is 0 Å². The van der Waals surface area contributed by atoms with Crippen LogP contribution in [0.1, 0.15) is 15.9 Å². The number of anilines is 2. The van der Waals surface area contributed by atoms with E-state index < -0.39 is 28.5 Å². The highest BCUT2D eigenvalue weighted by molar-refractivity contribution is 8.01. The number of nitrogens with one attached hydrogen (secondary N) is 2. The predicted octanol–water partition coefficient (Wildman–Crippen LogP) is 5.10. The van der Waals surface area contributed by atoms with Crippen molar-refractivity contribution in [2.45, 2.75) is 10.5 Å². The molecule has 0 saturated carbocycles. The summed E-state index contributed by atoms with van der Waals surface area (Å²) in [5, 5.41) is 23.0. The van der Waals surface area contributed by atoms with Crippen LogP contribution in [0.15, 0.2) is 46.8 Å². The minimum absolute atomic E-state index is 0.00646. The van der Waals surface area contributed by atoms with Crippen LogP contribution < -0.4 is 10.6 Å². The third kappa shape index (κ3) is 6.40. The van der Waals surface area contributed by atoms with Crippen LogP contribution in [0.25, 0.3) is 0 Å². The van der Waals surface area contributed by atoms with Crippen molar-refractivity contribution in [1.82, 2.24) is 10.2 Å². The summed E-state index contributed by atoms with van der Waals surface area (Å²) in [6.45, 7) is 0. The molecule has 3 rings (SSSR count). The molecule has 172 valence electrons. The highest BCUT2D eigenvalue weighted by Crippen LogP contribution is 2.35. The summed E-state index contributed by atoms with van der Waals surface area (Å²) in [6.07, 6.45) is -4.62. The van der Waals surface area contributed by atoms with E-state index in [0.717, 1.165) is 47.4 Å². The maximum Gasteiger partial charge on any atom is 0.418 e. The largest absolute Gasteiger partial charge is 0.418 e. The van der Waals surface area contributed by atoms with Gasteiger partial charge in [0, 0.05) is 12.1 Å². The van der Waals surface area contributed by atoms with Gasteiger partial charge in [-0.05, 0) is 18.2 Å². The van der Waals surface area contributed by atoms with Crippen molar-refractivity contribution in [2.75, 3.05) is 16.4 Å². The minimum atomic E-state index is -4.62. The van der Waals surface area contributed by atoms with E-state index in [2.05, 4.69) is 20.8 Å². The molecule has 0 unspecified atom stereocenters. The fourth-order valence-corrected chi connectivity index (χ4v) is 4.19. The number of nitro benzene ring substituents is 1. The number of amides is 2. The maximum absolute atomic E-state index is 13.0. The summed E-state index contributed by atoms with van der Waals surface area (Å²) in [5.74, 6) is -1.70. The number of aromatic nitrogens is 2. The average molecular weight is 518 g/mol. The Balaban J connectivity index is 1.60. The van der Waals surface area contributed by atoms with Crippen molar-refractivity contribution in [3.8, 4) is 0 Å². The SMILES string of the molecule is O=C(CSc1nnc(NC(=O)c2cc([N+](=O)[O-])ccc2Cl)s1)Nc1ccccc1C(F)(F)F. The second-order valence-electron chi connectivity index (χ2n) is 6.13. The van der Waals surface area contributed by atoms with E-state index in [1.807, 2.05) is 0 Å². The van der Waals surface area contributed by atoms with Crippen LogP contribution in [-0.4, -0.2) is 32.7 Å². The number of halogens is 4. The zero-order valence-electron chi connectivity index (χ0n) is 16.1. The second kappa shape index (κ2) is 10.1. The molecule has 2 amide bonds. The summed E-state index contributed by atoms with van der Waals surface area (Å²) in [5.41, 5.74) is -1.80. The van der Waals surface area contributed by atoms with Crippen LogP contribution in [-0.2, 0) is 11.0 Å². The van der Waals surface area contributed by atoms with Gasteiger partial charge < -0.3 is 5.32 Å². The Bertz CT molecular complexity index is 1220. The summed E-state index contributed by atoms with van der Waals surface area (Å²) < 4.78 is 39.3. The molecule has 1 aromatic heterocycles. The smallest absolute Gasteiger partial charge is 0.325 e. The Morgan fingerprint density at radius 2 is 1.88 bits per heavy atom. The van der Waals surface area contributed by atoms with Gasteiger partial charge in [-0.25, -0.2) is 0 Å². The highest BCUT2D eigenvalue weighted by Gasteiger charge is 2.33. The average Bonchev–Trinajstić information content (AvgIpc) is 3.19. The van der Waals surface area contributed by atoms with Gasteiger partial charge in [-0.15, -0.1) is 10.2 Å². The van der Waals surface area contributed by atoms with Gasteiger partial charge in [0.05, 0.1) is 32.5 Å². The van der Waals surface area contributed by atoms with E-state index in [-0.39, 0.29) is 37.2 Å². The van der Waals surface area contributed by atoms with E-state index >= 15 is 0 Å². The number of thioether (sulfide) groups is 1. The van der Waals surface area contributed by atoms with E-state index in [0.29, 0.717) is 0 Å². The molecule has 33 heavy (non-hydrogen) atoms. The molecule has 0 aliphatic rings. The monoisotopic (exact) mass is 517 g/mol. The third-order valence-electron chi connectivity index (χ3n) is 3.87. The molecular formula is C18H11ClF3N5O4S2. The predicted molar refractivity (Wildman–Crippen MR) is 117 cm³/mol. The molecule has 0 fully saturated rings.